The Balaban J connectivity index is 1.88. The second-order valence-electron chi connectivity index (χ2n) is 5.36. The Morgan fingerprint density at radius 3 is 2.75 bits per heavy atom. The van der Waals surface area contributed by atoms with Gasteiger partial charge in [-0.15, -0.1) is 0 Å². The molecule has 1 heterocycles. The van der Waals surface area contributed by atoms with Crippen molar-refractivity contribution in [1.29, 1.82) is 0 Å². The summed E-state index contributed by atoms with van der Waals surface area (Å²) in [4.78, 5) is 2.38. The highest BCUT2D eigenvalue weighted by atomic mass is 35.5. The van der Waals surface area contributed by atoms with Gasteiger partial charge in [0.1, 0.15) is 0 Å². The van der Waals surface area contributed by atoms with Gasteiger partial charge in [-0.05, 0) is 44.5 Å². The van der Waals surface area contributed by atoms with Crippen molar-refractivity contribution in [2.45, 2.75) is 31.3 Å². The summed E-state index contributed by atoms with van der Waals surface area (Å²) >= 11 is 12.2. The molecule has 1 saturated heterocycles. The molecule has 3 nitrogen and oxygen atoms in total. The Morgan fingerprint density at radius 1 is 1.35 bits per heavy atom. The number of ether oxygens (including phenoxy) is 1. The fourth-order valence-corrected chi connectivity index (χ4v) is 3.06. The molecule has 1 atom stereocenters. The van der Waals surface area contributed by atoms with E-state index in [1.165, 1.54) is 0 Å². The Bertz CT molecular complexity index is 436. The molecule has 1 unspecified atom stereocenters. The molecule has 20 heavy (non-hydrogen) atoms. The van der Waals surface area contributed by atoms with Crippen LogP contribution in [0.4, 0.5) is 0 Å². The van der Waals surface area contributed by atoms with Gasteiger partial charge in [0.2, 0.25) is 0 Å². The average Bonchev–Trinajstić information content (AvgIpc) is 2.48. The lowest BCUT2D eigenvalue weighted by molar-refractivity contribution is 0.0422. The zero-order chi connectivity index (χ0) is 14.5. The SMILES string of the molecule is CN(CCC(N)c1cccc(Cl)c1Cl)C1CCOCC1. The Kier molecular flexibility index (Phi) is 6.12. The van der Waals surface area contributed by atoms with Gasteiger partial charge < -0.3 is 15.4 Å². The Morgan fingerprint density at radius 2 is 2.05 bits per heavy atom. The molecule has 0 saturated carbocycles. The van der Waals surface area contributed by atoms with Crippen molar-refractivity contribution in [3.05, 3.63) is 33.8 Å². The molecular formula is C15H22Cl2N2O. The maximum Gasteiger partial charge on any atom is 0.0640 e. The minimum atomic E-state index is -0.0801. The van der Waals surface area contributed by atoms with Crippen LogP contribution in [0.15, 0.2) is 18.2 Å². The van der Waals surface area contributed by atoms with Crippen LogP contribution < -0.4 is 5.73 Å². The first-order valence-corrected chi connectivity index (χ1v) is 7.82. The van der Waals surface area contributed by atoms with Crippen molar-refractivity contribution in [2.75, 3.05) is 26.8 Å². The minimum Gasteiger partial charge on any atom is -0.381 e. The van der Waals surface area contributed by atoms with Crippen LogP contribution in [0.2, 0.25) is 10.0 Å². The molecule has 1 aliphatic rings. The molecule has 2 N–H and O–H groups in total. The van der Waals surface area contributed by atoms with Crippen LogP contribution in [-0.4, -0.2) is 37.7 Å². The number of rotatable bonds is 5. The monoisotopic (exact) mass is 316 g/mol. The molecule has 5 heteroatoms. The van der Waals surface area contributed by atoms with Gasteiger partial charge in [0.05, 0.1) is 10.0 Å². The standard InChI is InChI=1S/C15H22Cl2N2O/c1-19(11-6-9-20-10-7-11)8-5-14(18)12-3-2-4-13(16)15(12)17/h2-4,11,14H,5-10,18H2,1H3. The zero-order valence-corrected chi connectivity index (χ0v) is 13.3. The van der Waals surface area contributed by atoms with E-state index in [-0.39, 0.29) is 6.04 Å². The van der Waals surface area contributed by atoms with Crippen molar-refractivity contribution in [2.24, 2.45) is 5.73 Å². The van der Waals surface area contributed by atoms with Crippen molar-refractivity contribution in [1.82, 2.24) is 4.90 Å². The predicted molar refractivity (Wildman–Crippen MR) is 84.5 cm³/mol. The Labute approximate surface area is 131 Å². The maximum absolute atomic E-state index is 6.25. The normalized spacial score (nSPS) is 18.4. The summed E-state index contributed by atoms with van der Waals surface area (Å²) < 4.78 is 5.39. The number of benzene rings is 1. The molecular weight excluding hydrogens is 295 g/mol. The third-order valence-electron chi connectivity index (χ3n) is 3.99. The fraction of sp³-hybridized carbons (Fsp3) is 0.600. The largest absolute Gasteiger partial charge is 0.381 e. The quantitative estimate of drug-likeness (QED) is 0.903. The van der Waals surface area contributed by atoms with Crippen LogP contribution in [-0.2, 0) is 4.74 Å². The summed E-state index contributed by atoms with van der Waals surface area (Å²) in [5.41, 5.74) is 7.18. The van der Waals surface area contributed by atoms with Crippen LogP contribution in [0.3, 0.4) is 0 Å². The Hall–Kier alpha value is -0.320. The molecule has 0 aliphatic carbocycles. The van der Waals surface area contributed by atoms with Crippen molar-refractivity contribution in [3.8, 4) is 0 Å². The average molecular weight is 317 g/mol. The number of halogens is 2. The summed E-state index contributed by atoms with van der Waals surface area (Å²) in [5.74, 6) is 0. The zero-order valence-electron chi connectivity index (χ0n) is 11.8. The number of hydrogen-bond acceptors (Lipinski definition) is 3. The minimum absolute atomic E-state index is 0.0801. The summed E-state index contributed by atoms with van der Waals surface area (Å²) in [5, 5.41) is 1.15. The summed E-state index contributed by atoms with van der Waals surface area (Å²) in [6.45, 7) is 2.68. The van der Waals surface area contributed by atoms with Gasteiger partial charge in [-0.3, -0.25) is 0 Å². The lowest BCUT2D eigenvalue weighted by Crippen LogP contribution is -2.38. The fourth-order valence-electron chi connectivity index (χ4n) is 2.61. The van der Waals surface area contributed by atoms with Crippen LogP contribution in [0.25, 0.3) is 0 Å². The van der Waals surface area contributed by atoms with Crippen molar-refractivity contribution >= 4 is 23.2 Å². The van der Waals surface area contributed by atoms with Gasteiger partial charge in [0.15, 0.2) is 0 Å². The van der Waals surface area contributed by atoms with Crippen LogP contribution >= 0.6 is 23.2 Å². The van der Waals surface area contributed by atoms with E-state index >= 15 is 0 Å². The van der Waals surface area contributed by atoms with Gasteiger partial charge >= 0.3 is 0 Å². The van der Waals surface area contributed by atoms with Crippen LogP contribution in [0.1, 0.15) is 30.9 Å². The van der Waals surface area contributed by atoms with E-state index in [4.69, 9.17) is 33.7 Å². The highest BCUT2D eigenvalue weighted by Crippen LogP contribution is 2.30. The highest BCUT2D eigenvalue weighted by Gasteiger charge is 2.19. The molecule has 1 aromatic carbocycles. The molecule has 0 radical (unpaired) electrons. The van der Waals surface area contributed by atoms with E-state index in [1.54, 1.807) is 6.07 Å². The molecule has 112 valence electrons. The molecule has 0 amide bonds. The van der Waals surface area contributed by atoms with E-state index < -0.39 is 0 Å². The first kappa shape index (κ1) is 16.1. The van der Waals surface area contributed by atoms with E-state index in [0.29, 0.717) is 16.1 Å². The van der Waals surface area contributed by atoms with Gasteiger partial charge in [-0.1, -0.05) is 35.3 Å². The smallest absolute Gasteiger partial charge is 0.0640 e. The summed E-state index contributed by atoms with van der Waals surface area (Å²) in [6.07, 6.45) is 3.07. The third kappa shape index (κ3) is 4.09. The number of nitrogens with zero attached hydrogens (tertiary/aromatic N) is 1. The molecule has 1 fully saturated rings. The second kappa shape index (κ2) is 7.62. The van der Waals surface area contributed by atoms with E-state index in [0.717, 1.165) is 44.6 Å². The predicted octanol–water partition coefficient (Wildman–Crippen LogP) is 3.49. The first-order valence-electron chi connectivity index (χ1n) is 7.07. The van der Waals surface area contributed by atoms with Gasteiger partial charge in [0.25, 0.3) is 0 Å². The molecule has 1 aromatic rings. The molecule has 0 aromatic heterocycles. The van der Waals surface area contributed by atoms with Crippen molar-refractivity contribution < 1.29 is 4.74 Å². The molecule has 2 rings (SSSR count). The van der Waals surface area contributed by atoms with Gasteiger partial charge in [0, 0.05) is 25.3 Å². The topological polar surface area (TPSA) is 38.5 Å². The summed E-state index contributed by atoms with van der Waals surface area (Å²) in [7, 11) is 2.16. The van der Waals surface area contributed by atoms with Crippen LogP contribution in [0.5, 0.6) is 0 Å². The number of hydrogen-bond donors (Lipinski definition) is 1. The third-order valence-corrected chi connectivity index (χ3v) is 4.82. The number of nitrogens with two attached hydrogens (primary N) is 1. The molecule has 0 spiro atoms. The van der Waals surface area contributed by atoms with E-state index in [2.05, 4.69) is 11.9 Å². The van der Waals surface area contributed by atoms with E-state index in [1.807, 2.05) is 12.1 Å². The highest BCUT2D eigenvalue weighted by molar-refractivity contribution is 6.42. The molecule has 0 bridgehead atoms. The van der Waals surface area contributed by atoms with Crippen LogP contribution in [0, 0.1) is 0 Å². The lowest BCUT2D eigenvalue weighted by atomic mass is 10.0. The lowest BCUT2D eigenvalue weighted by Gasteiger charge is -2.31. The maximum atomic E-state index is 6.25. The summed E-state index contributed by atoms with van der Waals surface area (Å²) in [6, 6.07) is 6.15. The second-order valence-corrected chi connectivity index (χ2v) is 6.15. The first-order chi connectivity index (χ1) is 9.59. The van der Waals surface area contributed by atoms with Gasteiger partial charge in [-0.25, -0.2) is 0 Å². The molecule has 1 aliphatic heterocycles. The van der Waals surface area contributed by atoms with E-state index in [9.17, 15) is 0 Å². The van der Waals surface area contributed by atoms with Crippen molar-refractivity contribution in [3.63, 3.8) is 0 Å². The van der Waals surface area contributed by atoms with Gasteiger partial charge in [-0.2, -0.15) is 0 Å².